The van der Waals surface area contributed by atoms with E-state index in [2.05, 4.69) is 5.10 Å². The number of ether oxygens (including phenoxy) is 1. The molecule has 2 heterocycles. The van der Waals surface area contributed by atoms with E-state index in [4.69, 9.17) is 4.74 Å². The summed E-state index contributed by atoms with van der Waals surface area (Å²) in [6, 6.07) is 12.6. The maximum Gasteiger partial charge on any atom is 0.405 e. The average Bonchev–Trinajstić information content (AvgIpc) is 3.34. The number of esters is 1. The van der Waals surface area contributed by atoms with Gasteiger partial charge >= 0.3 is 12.1 Å². The van der Waals surface area contributed by atoms with Gasteiger partial charge < -0.3 is 10.1 Å². The van der Waals surface area contributed by atoms with Gasteiger partial charge in [-0.1, -0.05) is 24.3 Å². The number of hydrogen-bond acceptors (Lipinski definition) is 5. The van der Waals surface area contributed by atoms with Crippen molar-refractivity contribution >= 4 is 23.2 Å². The first-order chi connectivity index (χ1) is 13.3. The smallest absolute Gasteiger partial charge is 0.405 e. The SMILES string of the molecule is O=C(COC(=O)c1cn(-c2ccccc2)nc1-c1cccs1)NCC(F)(F)F. The lowest BCUT2D eigenvalue weighted by Crippen LogP contribution is -2.36. The largest absolute Gasteiger partial charge is 0.452 e. The van der Waals surface area contributed by atoms with Gasteiger partial charge in [0.1, 0.15) is 17.8 Å². The third kappa shape index (κ3) is 4.97. The molecule has 0 aliphatic carbocycles. The highest BCUT2D eigenvalue weighted by Gasteiger charge is 2.28. The van der Waals surface area contributed by atoms with E-state index in [1.165, 1.54) is 22.2 Å². The molecule has 1 amide bonds. The number of nitrogens with zero attached hydrogens (tertiary/aromatic N) is 2. The van der Waals surface area contributed by atoms with Crippen LogP contribution in [0.1, 0.15) is 10.4 Å². The molecule has 146 valence electrons. The molecule has 0 radical (unpaired) electrons. The summed E-state index contributed by atoms with van der Waals surface area (Å²) in [4.78, 5) is 24.6. The predicted octanol–water partition coefficient (Wildman–Crippen LogP) is 3.44. The molecule has 0 saturated heterocycles. The van der Waals surface area contributed by atoms with Crippen molar-refractivity contribution < 1.29 is 27.5 Å². The Bertz CT molecular complexity index is 954. The van der Waals surface area contributed by atoms with E-state index in [1.807, 2.05) is 23.6 Å². The number of alkyl halides is 3. The molecule has 6 nitrogen and oxygen atoms in total. The molecule has 3 rings (SSSR count). The van der Waals surface area contributed by atoms with Crippen molar-refractivity contribution in [2.45, 2.75) is 6.18 Å². The van der Waals surface area contributed by atoms with Crippen LogP contribution in [-0.2, 0) is 9.53 Å². The fraction of sp³-hybridized carbons (Fsp3) is 0.167. The number of halogens is 3. The Morgan fingerprint density at radius 2 is 1.89 bits per heavy atom. The normalized spacial score (nSPS) is 11.2. The number of hydrogen-bond donors (Lipinski definition) is 1. The van der Waals surface area contributed by atoms with E-state index in [9.17, 15) is 22.8 Å². The van der Waals surface area contributed by atoms with Crippen molar-refractivity contribution in [1.29, 1.82) is 0 Å². The number of thiophene rings is 1. The van der Waals surface area contributed by atoms with Gasteiger partial charge in [-0.2, -0.15) is 18.3 Å². The van der Waals surface area contributed by atoms with Crippen molar-refractivity contribution in [2.75, 3.05) is 13.2 Å². The zero-order chi connectivity index (χ0) is 20.1. The summed E-state index contributed by atoms with van der Waals surface area (Å²) in [7, 11) is 0. The lowest BCUT2D eigenvalue weighted by atomic mass is 10.2. The maximum atomic E-state index is 12.4. The van der Waals surface area contributed by atoms with Gasteiger partial charge in [0.15, 0.2) is 6.61 Å². The van der Waals surface area contributed by atoms with Crippen LogP contribution >= 0.6 is 11.3 Å². The van der Waals surface area contributed by atoms with Gasteiger partial charge in [-0.15, -0.1) is 11.3 Å². The summed E-state index contributed by atoms with van der Waals surface area (Å²) in [6.07, 6.45) is -3.08. The van der Waals surface area contributed by atoms with E-state index in [-0.39, 0.29) is 5.56 Å². The van der Waals surface area contributed by atoms with Crippen molar-refractivity contribution in [1.82, 2.24) is 15.1 Å². The first-order valence-electron chi connectivity index (χ1n) is 8.03. The van der Waals surface area contributed by atoms with Gasteiger partial charge in [0.25, 0.3) is 5.91 Å². The highest BCUT2D eigenvalue weighted by atomic mass is 32.1. The zero-order valence-corrected chi connectivity index (χ0v) is 15.1. The molecular formula is C18H14F3N3O3S. The number of para-hydroxylation sites is 1. The lowest BCUT2D eigenvalue weighted by Gasteiger charge is -2.08. The van der Waals surface area contributed by atoms with Crippen LogP contribution in [0.15, 0.2) is 54.0 Å². The number of aromatic nitrogens is 2. The first kappa shape index (κ1) is 19.6. The zero-order valence-electron chi connectivity index (χ0n) is 14.3. The highest BCUT2D eigenvalue weighted by Crippen LogP contribution is 2.28. The van der Waals surface area contributed by atoms with Gasteiger partial charge in [-0.05, 0) is 23.6 Å². The molecule has 3 aromatic rings. The molecule has 0 fully saturated rings. The van der Waals surface area contributed by atoms with E-state index in [0.717, 1.165) is 0 Å². The standard InChI is InChI=1S/C18H14F3N3O3S/c19-18(20,21)11-22-15(25)10-27-17(26)13-9-24(12-5-2-1-3-6-12)23-16(13)14-7-4-8-28-14/h1-9H,10-11H2,(H,22,25). The molecule has 10 heteroatoms. The maximum absolute atomic E-state index is 12.4. The Morgan fingerprint density at radius 1 is 1.14 bits per heavy atom. The van der Waals surface area contributed by atoms with Crippen LogP contribution in [0, 0.1) is 0 Å². The number of nitrogens with one attached hydrogen (secondary N) is 1. The van der Waals surface area contributed by atoms with Crippen molar-refractivity contribution in [3.63, 3.8) is 0 Å². The second-order valence-corrected chi connectivity index (χ2v) is 6.56. The number of amides is 1. The summed E-state index contributed by atoms with van der Waals surface area (Å²) in [5.74, 6) is -1.90. The molecule has 28 heavy (non-hydrogen) atoms. The van der Waals surface area contributed by atoms with Crippen LogP contribution in [0.2, 0.25) is 0 Å². The number of benzene rings is 1. The van der Waals surface area contributed by atoms with Crippen molar-refractivity contribution in [3.8, 4) is 16.3 Å². The molecule has 0 saturated carbocycles. The first-order valence-corrected chi connectivity index (χ1v) is 8.91. The van der Waals surface area contributed by atoms with Crippen molar-refractivity contribution in [3.05, 3.63) is 59.6 Å². The Kier molecular flexibility index (Phi) is 5.78. The average molecular weight is 409 g/mol. The van der Waals surface area contributed by atoms with Crippen LogP contribution in [0.5, 0.6) is 0 Å². The van der Waals surface area contributed by atoms with Crippen LogP contribution in [0.25, 0.3) is 16.3 Å². The van der Waals surface area contributed by atoms with E-state index >= 15 is 0 Å². The molecule has 2 aromatic heterocycles. The number of carbonyl (C=O) groups is 2. The second-order valence-electron chi connectivity index (χ2n) is 5.62. The van der Waals surface area contributed by atoms with Crippen LogP contribution < -0.4 is 5.32 Å². The molecule has 1 aromatic carbocycles. The predicted molar refractivity (Wildman–Crippen MR) is 96.2 cm³/mol. The second kappa shape index (κ2) is 8.26. The third-order valence-corrected chi connectivity index (χ3v) is 4.41. The van der Waals surface area contributed by atoms with Crippen LogP contribution in [-0.4, -0.2) is 41.0 Å². The van der Waals surface area contributed by atoms with E-state index in [0.29, 0.717) is 16.3 Å². The number of rotatable bonds is 6. The van der Waals surface area contributed by atoms with Crippen LogP contribution in [0.4, 0.5) is 13.2 Å². The molecule has 0 aliphatic heterocycles. The van der Waals surface area contributed by atoms with E-state index in [1.54, 1.807) is 29.6 Å². The van der Waals surface area contributed by atoms with Crippen LogP contribution in [0.3, 0.4) is 0 Å². The molecule has 0 bridgehead atoms. The summed E-state index contributed by atoms with van der Waals surface area (Å²) in [5.41, 5.74) is 1.18. The fourth-order valence-corrected chi connectivity index (χ4v) is 3.01. The van der Waals surface area contributed by atoms with Gasteiger partial charge in [0, 0.05) is 6.20 Å². The van der Waals surface area contributed by atoms with E-state index < -0.39 is 31.2 Å². The summed E-state index contributed by atoms with van der Waals surface area (Å²) in [5, 5.41) is 7.88. The summed E-state index contributed by atoms with van der Waals surface area (Å²) < 4.78 is 42.7. The van der Waals surface area contributed by atoms with Gasteiger partial charge in [0.2, 0.25) is 0 Å². The fourth-order valence-electron chi connectivity index (χ4n) is 2.29. The highest BCUT2D eigenvalue weighted by molar-refractivity contribution is 7.13. The molecule has 0 unspecified atom stereocenters. The summed E-state index contributed by atoms with van der Waals surface area (Å²) >= 11 is 1.36. The minimum Gasteiger partial charge on any atom is -0.452 e. The monoisotopic (exact) mass is 409 g/mol. The van der Waals surface area contributed by atoms with Gasteiger partial charge in [-0.3, -0.25) is 4.79 Å². The third-order valence-electron chi connectivity index (χ3n) is 3.53. The summed E-state index contributed by atoms with van der Waals surface area (Å²) in [6.45, 7) is -2.31. The Balaban J connectivity index is 1.77. The quantitative estimate of drug-likeness (QED) is 0.633. The van der Waals surface area contributed by atoms with Crippen molar-refractivity contribution in [2.24, 2.45) is 0 Å². The minimum atomic E-state index is -4.54. The molecular weight excluding hydrogens is 395 g/mol. The molecule has 0 spiro atoms. The number of carbonyl (C=O) groups excluding carboxylic acids is 2. The topological polar surface area (TPSA) is 73.2 Å². The Labute approximate surface area is 161 Å². The van der Waals surface area contributed by atoms with Gasteiger partial charge in [-0.25, -0.2) is 9.48 Å². The lowest BCUT2D eigenvalue weighted by molar-refractivity contribution is -0.140. The Hall–Kier alpha value is -3.14. The molecule has 1 N–H and O–H groups in total. The van der Waals surface area contributed by atoms with Gasteiger partial charge in [0.05, 0.1) is 10.6 Å². The Morgan fingerprint density at radius 3 is 2.54 bits per heavy atom. The molecule has 0 aliphatic rings. The minimum absolute atomic E-state index is 0.106. The molecule has 0 atom stereocenters.